The van der Waals surface area contributed by atoms with E-state index in [9.17, 15) is 13.9 Å². The second kappa shape index (κ2) is 7.53. The molecule has 0 saturated heterocycles. The van der Waals surface area contributed by atoms with Crippen LogP contribution in [0, 0.1) is 17.6 Å². The van der Waals surface area contributed by atoms with Gasteiger partial charge in [-0.25, -0.2) is 8.78 Å². The molecule has 0 fully saturated rings. The van der Waals surface area contributed by atoms with Crippen LogP contribution in [-0.4, -0.2) is 26.6 Å². The van der Waals surface area contributed by atoms with Gasteiger partial charge in [-0.05, 0) is 36.0 Å². The number of aromatic amines is 1. The zero-order chi connectivity index (χ0) is 17.8. The van der Waals surface area contributed by atoms with Crippen LogP contribution in [0.3, 0.4) is 0 Å². The highest BCUT2D eigenvalue weighted by Crippen LogP contribution is 2.21. The lowest BCUT2D eigenvalue weighted by atomic mass is 9.91. The van der Waals surface area contributed by atoms with Crippen LogP contribution < -0.4 is 0 Å². The summed E-state index contributed by atoms with van der Waals surface area (Å²) >= 11 is 0. The normalized spacial score (nSPS) is 13.6. The number of nitrogens with zero attached hydrogens (tertiary/aromatic N) is 2. The fourth-order valence-corrected chi connectivity index (χ4v) is 2.77. The fraction of sp³-hybridized carbons (Fsp3) is 0.263. The topological polar surface area (TPSA) is 61.8 Å². The van der Waals surface area contributed by atoms with Crippen molar-refractivity contribution >= 4 is 0 Å². The third-order valence-corrected chi connectivity index (χ3v) is 4.32. The summed E-state index contributed by atoms with van der Waals surface area (Å²) in [5.74, 6) is -1.33. The molecule has 0 bridgehead atoms. The molecule has 25 heavy (non-hydrogen) atoms. The Bertz CT molecular complexity index is 819. The Hall–Kier alpha value is -2.60. The summed E-state index contributed by atoms with van der Waals surface area (Å²) in [4.78, 5) is 0. The number of aliphatic hydroxyl groups excluding tert-OH is 1. The van der Waals surface area contributed by atoms with Gasteiger partial charge in [0.25, 0.3) is 0 Å². The van der Waals surface area contributed by atoms with Crippen molar-refractivity contribution in [1.82, 2.24) is 15.4 Å². The van der Waals surface area contributed by atoms with Gasteiger partial charge in [-0.3, -0.25) is 0 Å². The van der Waals surface area contributed by atoms with Gasteiger partial charge in [0.15, 0.2) is 0 Å². The second-order valence-corrected chi connectivity index (χ2v) is 6.24. The molecule has 3 rings (SSSR count). The lowest BCUT2D eigenvalue weighted by Gasteiger charge is -2.19. The standard InChI is InChI=1S/C19H19F2N3O/c1-12(8-15-6-7-16(20)10-17(15)21)19(25)9-13-2-4-14(5-3-13)18-11-22-24-23-18/h2-7,10-12,19,25H,8-9H2,1H3,(H,22,23,24). The molecule has 1 heterocycles. The molecular weight excluding hydrogens is 324 g/mol. The van der Waals surface area contributed by atoms with E-state index in [4.69, 9.17) is 0 Å². The summed E-state index contributed by atoms with van der Waals surface area (Å²) in [6.07, 6.45) is 1.83. The Labute approximate surface area is 144 Å². The molecule has 3 aromatic rings. The maximum atomic E-state index is 13.7. The summed E-state index contributed by atoms with van der Waals surface area (Å²) in [7, 11) is 0. The van der Waals surface area contributed by atoms with Gasteiger partial charge in [0.2, 0.25) is 0 Å². The van der Waals surface area contributed by atoms with Gasteiger partial charge < -0.3 is 5.11 Å². The van der Waals surface area contributed by atoms with E-state index in [0.717, 1.165) is 22.9 Å². The van der Waals surface area contributed by atoms with E-state index < -0.39 is 17.7 Å². The van der Waals surface area contributed by atoms with Crippen molar-refractivity contribution in [2.75, 3.05) is 0 Å². The number of nitrogens with one attached hydrogen (secondary N) is 1. The highest BCUT2D eigenvalue weighted by atomic mass is 19.1. The summed E-state index contributed by atoms with van der Waals surface area (Å²) in [6.45, 7) is 1.86. The molecule has 0 radical (unpaired) electrons. The molecule has 2 aromatic carbocycles. The molecule has 4 nitrogen and oxygen atoms in total. The third-order valence-electron chi connectivity index (χ3n) is 4.32. The van der Waals surface area contributed by atoms with Gasteiger partial charge in [0.1, 0.15) is 17.3 Å². The first-order valence-electron chi connectivity index (χ1n) is 8.10. The van der Waals surface area contributed by atoms with Crippen molar-refractivity contribution in [3.63, 3.8) is 0 Å². The number of benzene rings is 2. The Morgan fingerprint density at radius 1 is 1.08 bits per heavy atom. The first kappa shape index (κ1) is 17.2. The van der Waals surface area contributed by atoms with Crippen molar-refractivity contribution < 1.29 is 13.9 Å². The van der Waals surface area contributed by atoms with Gasteiger partial charge in [0, 0.05) is 11.6 Å². The minimum atomic E-state index is -0.623. The van der Waals surface area contributed by atoms with E-state index in [2.05, 4.69) is 15.4 Å². The maximum absolute atomic E-state index is 13.7. The minimum absolute atomic E-state index is 0.157. The predicted molar refractivity (Wildman–Crippen MR) is 90.8 cm³/mol. The summed E-state index contributed by atoms with van der Waals surface area (Å²) in [5.41, 5.74) is 3.08. The lowest BCUT2D eigenvalue weighted by molar-refractivity contribution is 0.116. The molecule has 2 N–H and O–H groups in total. The predicted octanol–water partition coefficient (Wildman–Crippen LogP) is 3.53. The molecule has 130 valence electrons. The molecule has 2 atom stereocenters. The average Bonchev–Trinajstić information content (AvgIpc) is 3.12. The van der Waals surface area contributed by atoms with Crippen LogP contribution in [0.4, 0.5) is 8.78 Å². The summed E-state index contributed by atoms with van der Waals surface area (Å²) < 4.78 is 26.7. The van der Waals surface area contributed by atoms with Gasteiger partial charge >= 0.3 is 0 Å². The van der Waals surface area contributed by atoms with Crippen molar-refractivity contribution in [1.29, 1.82) is 0 Å². The van der Waals surface area contributed by atoms with E-state index in [1.165, 1.54) is 12.1 Å². The van der Waals surface area contributed by atoms with Crippen molar-refractivity contribution in [2.24, 2.45) is 5.92 Å². The first-order chi connectivity index (χ1) is 12.0. The van der Waals surface area contributed by atoms with Gasteiger partial charge in [0.05, 0.1) is 12.3 Å². The molecule has 0 aliphatic heterocycles. The maximum Gasteiger partial charge on any atom is 0.129 e. The first-order valence-corrected chi connectivity index (χ1v) is 8.10. The van der Waals surface area contributed by atoms with Crippen LogP contribution in [-0.2, 0) is 12.8 Å². The number of rotatable bonds is 6. The van der Waals surface area contributed by atoms with E-state index >= 15 is 0 Å². The largest absolute Gasteiger partial charge is 0.392 e. The van der Waals surface area contributed by atoms with Gasteiger partial charge in [-0.15, -0.1) is 0 Å². The fourth-order valence-electron chi connectivity index (χ4n) is 2.77. The number of aliphatic hydroxyl groups is 1. The highest BCUT2D eigenvalue weighted by Gasteiger charge is 2.17. The van der Waals surface area contributed by atoms with Crippen molar-refractivity contribution in [3.8, 4) is 11.3 Å². The molecule has 2 unspecified atom stereocenters. The number of halogens is 2. The molecule has 6 heteroatoms. The van der Waals surface area contributed by atoms with Crippen molar-refractivity contribution in [2.45, 2.75) is 25.9 Å². The zero-order valence-electron chi connectivity index (χ0n) is 13.8. The van der Waals surface area contributed by atoms with Crippen LogP contribution in [0.25, 0.3) is 11.3 Å². The number of hydrogen-bond donors (Lipinski definition) is 2. The molecule has 0 amide bonds. The van der Waals surface area contributed by atoms with Gasteiger partial charge in [-0.1, -0.05) is 37.3 Å². The van der Waals surface area contributed by atoms with E-state index in [1.807, 2.05) is 31.2 Å². The van der Waals surface area contributed by atoms with Crippen LogP contribution in [0.15, 0.2) is 48.7 Å². The molecular formula is C19H19F2N3O. The summed E-state index contributed by atoms with van der Waals surface area (Å²) in [6, 6.07) is 11.2. The molecule has 0 aliphatic carbocycles. The minimum Gasteiger partial charge on any atom is -0.392 e. The summed E-state index contributed by atoms with van der Waals surface area (Å²) in [5, 5.41) is 20.8. The van der Waals surface area contributed by atoms with Crippen LogP contribution in [0.2, 0.25) is 0 Å². The van der Waals surface area contributed by atoms with Crippen LogP contribution in [0.5, 0.6) is 0 Å². The van der Waals surface area contributed by atoms with E-state index in [0.29, 0.717) is 18.4 Å². The third kappa shape index (κ3) is 4.28. The van der Waals surface area contributed by atoms with E-state index in [-0.39, 0.29) is 5.92 Å². The molecule has 0 aliphatic rings. The second-order valence-electron chi connectivity index (χ2n) is 6.24. The van der Waals surface area contributed by atoms with Crippen LogP contribution >= 0.6 is 0 Å². The van der Waals surface area contributed by atoms with Gasteiger partial charge in [-0.2, -0.15) is 15.4 Å². The quantitative estimate of drug-likeness (QED) is 0.720. The number of hydrogen-bond acceptors (Lipinski definition) is 3. The Morgan fingerprint density at radius 2 is 1.84 bits per heavy atom. The SMILES string of the molecule is CC(Cc1ccc(F)cc1F)C(O)Cc1ccc(-c2cn[nH]n2)cc1. The lowest BCUT2D eigenvalue weighted by Crippen LogP contribution is -2.22. The average molecular weight is 343 g/mol. The monoisotopic (exact) mass is 343 g/mol. The molecule has 0 spiro atoms. The van der Waals surface area contributed by atoms with E-state index in [1.54, 1.807) is 6.20 Å². The number of H-pyrrole nitrogens is 1. The Morgan fingerprint density at radius 3 is 2.48 bits per heavy atom. The molecule has 0 saturated carbocycles. The van der Waals surface area contributed by atoms with Crippen molar-refractivity contribution in [3.05, 3.63) is 71.4 Å². The Balaban J connectivity index is 1.62. The highest BCUT2D eigenvalue weighted by molar-refractivity contribution is 5.57. The molecule has 1 aromatic heterocycles. The van der Waals surface area contributed by atoms with Crippen LogP contribution in [0.1, 0.15) is 18.1 Å². The Kier molecular flexibility index (Phi) is 5.19. The number of aromatic nitrogens is 3. The zero-order valence-corrected chi connectivity index (χ0v) is 13.8. The smallest absolute Gasteiger partial charge is 0.129 e.